The van der Waals surface area contributed by atoms with Gasteiger partial charge in [0.05, 0.1) is 18.2 Å². The number of halogens is 1. The largest absolute Gasteiger partial charge is 0.492 e. The van der Waals surface area contributed by atoms with Crippen LogP contribution in [0.4, 0.5) is 0 Å². The molecule has 0 N–H and O–H groups in total. The summed E-state index contributed by atoms with van der Waals surface area (Å²) in [5.41, 5.74) is 0.544. The van der Waals surface area contributed by atoms with E-state index < -0.39 is 6.10 Å². The second-order valence-corrected chi connectivity index (χ2v) is 5.89. The van der Waals surface area contributed by atoms with E-state index >= 15 is 0 Å². The first-order valence-corrected chi connectivity index (χ1v) is 8.17. The van der Waals surface area contributed by atoms with Crippen LogP contribution in [0.1, 0.15) is 12.5 Å². The molecule has 1 atom stereocenters. The maximum Gasteiger partial charge on any atom is 0.263 e. The molecule has 2 aromatic rings. The molecular formula is C19H19ClN2O3. The van der Waals surface area contributed by atoms with Crippen molar-refractivity contribution in [1.82, 2.24) is 4.90 Å². The van der Waals surface area contributed by atoms with Crippen molar-refractivity contribution >= 4 is 17.5 Å². The van der Waals surface area contributed by atoms with Gasteiger partial charge in [0.15, 0.2) is 6.10 Å². The summed E-state index contributed by atoms with van der Waals surface area (Å²) >= 11 is 5.82. The summed E-state index contributed by atoms with van der Waals surface area (Å²) < 4.78 is 11.2. The minimum Gasteiger partial charge on any atom is -0.492 e. The van der Waals surface area contributed by atoms with Gasteiger partial charge in [-0.1, -0.05) is 11.6 Å². The van der Waals surface area contributed by atoms with Gasteiger partial charge >= 0.3 is 0 Å². The van der Waals surface area contributed by atoms with E-state index in [-0.39, 0.29) is 5.91 Å². The number of hydrogen-bond acceptors (Lipinski definition) is 4. The maximum absolute atomic E-state index is 12.3. The number of likely N-dealkylation sites (N-methyl/N-ethyl adjacent to an activating group) is 1. The molecule has 0 aromatic heterocycles. The van der Waals surface area contributed by atoms with Crippen molar-refractivity contribution in [3.63, 3.8) is 0 Å². The number of carbonyl (C=O) groups excluding carboxylic acids is 1. The first kappa shape index (κ1) is 18.6. The topological polar surface area (TPSA) is 62.6 Å². The van der Waals surface area contributed by atoms with Gasteiger partial charge in [0.2, 0.25) is 0 Å². The quantitative estimate of drug-likeness (QED) is 0.759. The predicted octanol–water partition coefficient (Wildman–Crippen LogP) is 3.52. The van der Waals surface area contributed by atoms with E-state index in [1.165, 1.54) is 0 Å². The minimum absolute atomic E-state index is 0.149. The summed E-state index contributed by atoms with van der Waals surface area (Å²) in [7, 11) is 1.70. The highest BCUT2D eigenvalue weighted by Crippen LogP contribution is 2.16. The molecule has 2 rings (SSSR count). The van der Waals surface area contributed by atoms with E-state index in [9.17, 15) is 4.79 Å². The summed E-state index contributed by atoms with van der Waals surface area (Å²) in [6, 6.07) is 15.7. The van der Waals surface area contributed by atoms with Crippen LogP contribution in [0.5, 0.6) is 11.5 Å². The third-order valence-corrected chi connectivity index (χ3v) is 3.78. The second kappa shape index (κ2) is 8.95. The Hall–Kier alpha value is -2.71. The fourth-order valence-electron chi connectivity index (χ4n) is 2.11. The Morgan fingerprint density at radius 3 is 2.36 bits per heavy atom. The molecule has 1 unspecified atom stereocenters. The molecule has 0 saturated carbocycles. The Kier molecular flexibility index (Phi) is 6.67. The van der Waals surface area contributed by atoms with Gasteiger partial charge in [-0.2, -0.15) is 5.26 Å². The molecule has 0 aliphatic rings. The lowest BCUT2D eigenvalue weighted by Crippen LogP contribution is -2.39. The van der Waals surface area contributed by atoms with Gasteiger partial charge in [0, 0.05) is 12.1 Å². The zero-order valence-electron chi connectivity index (χ0n) is 14.1. The van der Waals surface area contributed by atoms with Crippen LogP contribution < -0.4 is 9.47 Å². The molecule has 0 saturated heterocycles. The molecule has 0 fully saturated rings. The van der Waals surface area contributed by atoms with E-state index in [0.717, 1.165) is 0 Å². The van der Waals surface area contributed by atoms with Crippen LogP contribution >= 0.6 is 11.6 Å². The average Bonchev–Trinajstić information content (AvgIpc) is 2.63. The smallest absolute Gasteiger partial charge is 0.263 e. The van der Waals surface area contributed by atoms with Crippen LogP contribution in [0.3, 0.4) is 0 Å². The zero-order valence-corrected chi connectivity index (χ0v) is 14.9. The fourth-order valence-corrected chi connectivity index (χ4v) is 2.24. The van der Waals surface area contributed by atoms with E-state index in [0.29, 0.717) is 35.2 Å². The lowest BCUT2D eigenvalue weighted by Gasteiger charge is -2.22. The molecule has 0 spiro atoms. The van der Waals surface area contributed by atoms with E-state index in [1.807, 2.05) is 6.07 Å². The SMILES string of the molecule is CC(Oc1ccc(C#N)cc1)C(=O)N(C)CCOc1ccc(Cl)cc1. The number of ether oxygens (including phenoxy) is 2. The Balaban J connectivity index is 1.79. The van der Waals surface area contributed by atoms with Crippen LogP contribution in [0.25, 0.3) is 0 Å². The van der Waals surface area contributed by atoms with Crippen molar-refractivity contribution in [2.45, 2.75) is 13.0 Å². The highest BCUT2D eigenvalue weighted by molar-refractivity contribution is 6.30. The van der Waals surface area contributed by atoms with Crippen molar-refractivity contribution < 1.29 is 14.3 Å². The van der Waals surface area contributed by atoms with Gasteiger partial charge in [-0.05, 0) is 55.5 Å². The van der Waals surface area contributed by atoms with Crippen LogP contribution in [-0.4, -0.2) is 37.1 Å². The molecular weight excluding hydrogens is 340 g/mol. The molecule has 6 heteroatoms. The van der Waals surface area contributed by atoms with Gasteiger partial charge in [0.1, 0.15) is 18.1 Å². The third kappa shape index (κ3) is 5.70. The molecule has 0 aliphatic heterocycles. The molecule has 130 valence electrons. The molecule has 0 radical (unpaired) electrons. The van der Waals surface area contributed by atoms with Crippen LogP contribution in [-0.2, 0) is 4.79 Å². The van der Waals surface area contributed by atoms with Crippen molar-refractivity contribution in [2.75, 3.05) is 20.2 Å². The monoisotopic (exact) mass is 358 g/mol. The van der Waals surface area contributed by atoms with Crippen molar-refractivity contribution in [3.05, 3.63) is 59.1 Å². The minimum atomic E-state index is -0.631. The maximum atomic E-state index is 12.3. The van der Waals surface area contributed by atoms with Crippen LogP contribution in [0, 0.1) is 11.3 Å². The van der Waals surface area contributed by atoms with Crippen LogP contribution in [0.2, 0.25) is 5.02 Å². The molecule has 1 amide bonds. The van der Waals surface area contributed by atoms with E-state index in [1.54, 1.807) is 67.4 Å². The Bertz CT molecular complexity index is 739. The lowest BCUT2D eigenvalue weighted by atomic mass is 10.2. The zero-order chi connectivity index (χ0) is 18.2. The summed E-state index contributed by atoms with van der Waals surface area (Å²) in [5, 5.41) is 9.43. The highest BCUT2D eigenvalue weighted by Gasteiger charge is 2.19. The number of amides is 1. The van der Waals surface area contributed by atoms with Gasteiger partial charge in [-0.3, -0.25) is 4.79 Å². The highest BCUT2D eigenvalue weighted by atomic mass is 35.5. The van der Waals surface area contributed by atoms with Gasteiger partial charge in [-0.25, -0.2) is 0 Å². The summed E-state index contributed by atoms with van der Waals surface area (Å²) in [4.78, 5) is 13.9. The van der Waals surface area contributed by atoms with E-state index in [4.69, 9.17) is 26.3 Å². The molecule has 5 nitrogen and oxygen atoms in total. The van der Waals surface area contributed by atoms with Gasteiger partial charge in [0.25, 0.3) is 5.91 Å². The lowest BCUT2D eigenvalue weighted by molar-refractivity contribution is -0.136. The van der Waals surface area contributed by atoms with Crippen molar-refractivity contribution in [2.24, 2.45) is 0 Å². The van der Waals surface area contributed by atoms with Crippen molar-refractivity contribution in [1.29, 1.82) is 5.26 Å². The number of rotatable bonds is 7. The number of nitriles is 1. The average molecular weight is 359 g/mol. The fraction of sp³-hybridized carbons (Fsp3) is 0.263. The van der Waals surface area contributed by atoms with Gasteiger partial charge < -0.3 is 14.4 Å². The Labute approximate surface area is 152 Å². The Morgan fingerprint density at radius 1 is 1.16 bits per heavy atom. The third-order valence-electron chi connectivity index (χ3n) is 3.53. The summed E-state index contributed by atoms with van der Waals surface area (Å²) in [6.07, 6.45) is -0.631. The summed E-state index contributed by atoms with van der Waals surface area (Å²) in [6.45, 7) is 2.49. The number of carbonyl (C=O) groups is 1. The number of hydrogen-bond donors (Lipinski definition) is 0. The standard InChI is InChI=1S/C19H19ClN2O3/c1-14(25-18-7-3-15(13-21)4-8-18)19(23)22(2)11-12-24-17-9-5-16(20)6-10-17/h3-10,14H,11-12H2,1-2H3. The predicted molar refractivity (Wildman–Crippen MR) is 95.8 cm³/mol. The van der Waals surface area contributed by atoms with Crippen molar-refractivity contribution in [3.8, 4) is 17.6 Å². The number of benzene rings is 2. The molecule has 0 bridgehead atoms. The van der Waals surface area contributed by atoms with E-state index in [2.05, 4.69) is 0 Å². The van der Waals surface area contributed by atoms with Crippen LogP contribution in [0.15, 0.2) is 48.5 Å². The molecule has 0 aliphatic carbocycles. The second-order valence-electron chi connectivity index (χ2n) is 5.46. The Morgan fingerprint density at radius 2 is 1.76 bits per heavy atom. The number of nitrogens with zero attached hydrogens (tertiary/aromatic N) is 2. The van der Waals surface area contributed by atoms with Gasteiger partial charge in [-0.15, -0.1) is 0 Å². The summed E-state index contributed by atoms with van der Waals surface area (Å²) in [5.74, 6) is 1.10. The normalized spacial score (nSPS) is 11.3. The molecule has 25 heavy (non-hydrogen) atoms. The first-order chi connectivity index (χ1) is 12.0. The molecule has 0 heterocycles. The molecule has 2 aromatic carbocycles. The first-order valence-electron chi connectivity index (χ1n) is 7.80.